The quantitative estimate of drug-likeness (QED) is 0.434. The SMILES string of the molecule is COP(=O)(NC(=O)C(OS(C)(=O)=O)c1ccc(OS(C)(=O)=O)cc1)OC. The standard InChI is InChI=1S/C12H18NO10PS2/c1-20-24(15,21-2)13-12(14)11(23-26(4,18)19)9-5-7-10(8-6-9)22-25(3,16)17/h5-8,11H,1-4H3,(H,13,14,15). The van der Waals surface area contributed by atoms with Crippen molar-refractivity contribution in [2.75, 3.05) is 26.7 Å². The van der Waals surface area contributed by atoms with E-state index in [0.29, 0.717) is 0 Å². The Balaban J connectivity index is 3.18. The molecule has 0 heterocycles. The van der Waals surface area contributed by atoms with E-state index in [9.17, 15) is 26.2 Å². The molecule has 1 aromatic carbocycles. The molecular weight excluding hydrogens is 413 g/mol. The van der Waals surface area contributed by atoms with Gasteiger partial charge in [-0.3, -0.25) is 23.1 Å². The van der Waals surface area contributed by atoms with Crippen LogP contribution in [-0.4, -0.2) is 49.5 Å². The Bertz CT molecular complexity index is 886. The number of hydrogen-bond donors (Lipinski definition) is 1. The molecule has 0 saturated carbocycles. The van der Waals surface area contributed by atoms with E-state index in [1.165, 1.54) is 24.3 Å². The van der Waals surface area contributed by atoms with Crippen LogP contribution in [0.1, 0.15) is 11.7 Å². The summed E-state index contributed by atoms with van der Waals surface area (Å²) in [5.74, 6) is -1.17. The summed E-state index contributed by atoms with van der Waals surface area (Å²) in [4.78, 5) is 12.3. The van der Waals surface area contributed by atoms with Gasteiger partial charge < -0.3 is 4.18 Å². The molecule has 1 atom stereocenters. The lowest BCUT2D eigenvalue weighted by Crippen LogP contribution is -2.30. The van der Waals surface area contributed by atoms with E-state index >= 15 is 0 Å². The van der Waals surface area contributed by atoms with E-state index in [1.807, 2.05) is 5.09 Å². The zero-order chi connectivity index (χ0) is 20.2. The van der Waals surface area contributed by atoms with Gasteiger partial charge in [0.25, 0.3) is 16.0 Å². The van der Waals surface area contributed by atoms with E-state index < -0.39 is 40.0 Å². The van der Waals surface area contributed by atoms with E-state index in [1.54, 1.807) is 0 Å². The molecule has 0 bridgehead atoms. The van der Waals surface area contributed by atoms with Crippen molar-refractivity contribution in [1.29, 1.82) is 0 Å². The lowest BCUT2D eigenvalue weighted by molar-refractivity contribution is -0.126. The largest absolute Gasteiger partial charge is 0.434 e. The zero-order valence-corrected chi connectivity index (χ0v) is 16.8. The summed E-state index contributed by atoms with van der Waals surface area (Å²) in [7, 11) is -9.79. The van der Waals surface area contributed by atoms with Gasteiger partial charge in [0.15, 0.2) is 6.10 Å². The van der Waals surface area contributed by atoms with Crippen LogP contribution < -0.4 is 9.27 Å². The van der Waals surface area contributed by atoms with Crippen molar-refractivity contribution >= 4 is 33.9 Å². The Morgan fingerprint density at radius 3 is 1.88 bits per heavy atom. The predicted octanol–water partition coefficient (Wildman–Crippen LogP) is 0.559. The number of nitrogens with one attached hydrogen (secondary N) is 1. The molecule has 0 saturated heterocycles. The Labute approximate surface area is 151 Å². The van der Waals surface area contributed by atoms with Crippen molar-refractivity contribution in [2.24, 2.45) is 0 Å². The van der Waals surface area contributed by atoms with Crippen LogP contribution in [0.4, 0.5) is 0 Å². The molecule has 0 aliphatic heterocycles. The summed E-state index contributed by atoms with van der Waals surface area (Å²) in [6.07, 6.45) is -0.159. The van der Waals surface area contributed by atoms with Crippen LogP contribution in [0.15, 0.2) is 24.3 Å². The first-order valence-corrected chi connectivity index (χ1v) is 11.9. The average molecular weight is 431 g/mol. The van der Waals surface area contributed by atoms with Crippen molar-refractivity contribution in [3.8, 4) is 5.75 Å². The van der Waals surface area contributed by atoms with E-state index in [4.69, 9.17) is 4.18 Å². The molecule has 0 fully saturated rings. The molecule has 0 aromatic heterocycles. The number of amides is 1. The normalized spacial score (nSPS) is 13.8. The molecule has 14 heteroatoms. The van der Waals surface area contributed by atoms with Crippen LogP contribution in [0.2, 0.25) is 0 Å². The third-order valence-electron chi connectivity index (χ3n) is 2.67. The topological polar surface area (TPSA) is 151 Å². The number of rotatable bonds is 9. The van der Waals surface area contributed by atoms with Gasteiger partial charge in [0.2, 0.25) is 0 Å². The van der Waals surface area contributed by atoms with Gasteiger partial charge in [-0.1, -0.05) is 12.1 Å². The second kappa shape index (κ2) is 8.46. The van der Waals surface area contributed by atoms with E-state index in [2.05, 4.69) is 13.2 Å². The number of carbonyl (C=O) groups is 1. The molecule has 1 N–H and O–H groups in total. The van der Waals surface area contributed by atoms with Crippen molar-refractivity contribution in [1.82, 2.24) is 5.09 Å². The Hall–Kier alpha value is -1.50. The monoisotopic (exact) mass is 431 g/mol. The smallest absolute Gasteiger partial charge is 0.383 e. The molecule has 0 aliphatic rings. The molecular formula is C12H18NO10PS2. The third-order valence-corrected chi connectivity index (χ3v) is 5.16. The first kappa shape index (κ1) is 22.5. The van der Waals surface area contributed by atoms with Crippen LogP contribution in [-0.2, 0) is 42.8 Å². The predicted molar refractivity (Wildman–Crippen MR) is 90.4 cm³/mol. The highest BCUT2D eigenvalue weighted by Gasteiger charge is 2.32. The summed E-state index contributed by atoms with van der Waals surface area (Å²) in [6, 6.07) is 4.80. The van der Waals surface area contributed by atoms with Crippen LogP contribution in [0.3, 0.4) is 0 Å². The molecule has 11 nitrogen and oxygen atoms in total. The summed E-state index contributed by atoms with van der Waals surface area (Å²) >= 11 is 0. The molecule has 1 rings (SSSR count). The van der Waals surface area contributed by atoms with Gasteiger partial charge in [-0.2, -0.15) is 16.8 Å². The highest BCUT2D eigenvalue weighted by atomic mass is 32.2. The van der Waals surface area contributed by atoms with Gasteiger partial charge in [-0.25, -0.2) is 4.57 Å². The fourth-order valence-corrected chi connectivity index (χ4v) is 3.39. The van der Waals surface area contributed by atoms with Crippen molar-refractivity contribution in [3.05, 3.63) is 29.8 Å². The molecule has 1 amide bonds. The molecule has 26 heavy (non-hydrogen) atoms. The van der Waals surface area contributed by atoms with E-state index in [-0.39, 0.29) is 11.3 Å². The molecule has 1 unspecified atom stereocenters. The maximum Gasteiger partial charge on any atom is 0.434 e. The maximum atomic E-state index is 12.3. The number of hydrogen-bond acceptors (Lipinski definition) is 10. The number of benzene rings is 1. The number of carbonyl (C=O) groups excluding carboxylic acids is 1. The molecule has 0 aliphatic carbocycles. The Kier molecular flexibility index (Phi) is 7.33. The van der Waals surface area contributed by atoms with Crippen molar-refractivity contribution < 1.29 is 43.6 Å². The van der Waals surface area contributed by atoms with Gasteiger partial charge in [0.05, 0.1) is 12.5 Å². The highest BCUT2D eigenvalue weighted by Crippen LogP contribution is 2.42. The lowest BCUT2D eigenvalue weighted by atomic mass is 10.1. The Morgan fingerprint density at radius 1 is 1.00 bits per heavy atom. The Morgan fingerprint density at radius 2 is 1.50 bits per heavy atom. The molecule has 0 radical (unpaired) electrons. The fraction of sp³-hybridized carbons (Fsp3) is 0.417. The minimum Gasteiger partial charge on any atom is -0.383 e. The summed E-state index contributed by atoms with van der Waals surface area (Å²) < 4.78 is 75.6. The summed E-state index contributed by atoms with van der Waals surface area (Å²) in [6.45, 7) is 0. The molecule has 0 spiro atoms. The second-order valence-corrected chi connectivity index (χ2v) is 10.0. The van der Waals surface area contributed by atoms with Gasteiger partial charge in [0.1, 0.15) is 5.75 Å². The summed E-state index contributed by atoms with van der Waals surface area (Å²) in [5, 5.41) is 1.92. The molecule has 148 valence electrons. The fourth-order valence-electron chi connectivity index (χ4n) is 1.66. The van der Waals surface area contributed by atoms with Crippen LogP contribution in [0.25, 0.3) is 0 Å². The van der Waals surface area contributed by atoms with Crippen molar-refractivity contribution in [3.63, 3.8) is 0 Å². The molecule has 1 aromatic rings. The average Bonchev–Trinajstić information content (AvgIpc) is 2.51. The highest BCUT2D eigenvalue weighted by molar-refractivity contribution is 7.86. The van der Waals surface area contributed by atoms with Crippen LogP contribution in [0, 0.1) is 0 Å². The van der Waals surface area contributed by atoms with Crippen LogP contribution >= 0.6 is 7.75 Å². The second-order valence-electron chi connectivity index (χ2n) is 4.88. The van der Waals surface area contributed by atoms with E-state index in [0.717, 1.165) is 26.7 Å². The zero-order valence-electron chi connectivity index (χ0n) is 14.2. The lowest BCUT2D eigenvalue weighted by Gasteiger charge is -2.20. The van der Waals surface area contributed by atoms with Gasteiger partial charge in [-0.15, -0.1) is 0 Å². The third kappa shape index (κ3) is 7.40. The van der Waals surface area contributed by atoms with Gasteiger partial charge in [-0.05, 0) is 17.7 Å². The first-order valence-electron chi connectivity index (χ1n) is 6.70. The van der Waals surface area contributed by atoms with Crippen LogP contribution in [0.5, 0.6) is 5.75 Å². The maximum absolute atomic E-state index is 12.3. The minimum absolute atomic E-state index is 0.0209. The minimum atomic E-state index is -4.08. The summed E-state index contributed by atoms with van der Waals surface area (Å²) in [5.41, 5.74) is 0.0209. The van der Waals surface area contributed by atoms with Gasteiger partial charge in [0, 0.05) is 14.2 Å². The van der Waals surface area contributed by atoms with Crippen molar-refractivity contribution in [2.45, 2.75) is 6.10 Å². The van der Waals surface area contributed by atoms with Gasteiger partial charge >= 0.3 is 17.9 Å². The first-order chi connectivity index (χ1) is 11.8.